The van der Waals surface area contributed by atoms with Crippen LogP contribution in [0.1, 0.15) is 49.2 Å². The maximum atomic E-state index is 12.7. The predicted octanol–water partition coefficient (Wildman–Crippen LogP) is 3.34. The van der Waals surface area contributed by atoms with Crippen molar-refractivity contribution in [2.24, 2.45) is 0 Å². The summed E-state index contributed by atoms with van der Waals surface area (Å²) in [4.78, 5) is 12.7. The molecule has 142 valence electrons. The average Bonchev–Trinajstić information content (AvgIpc) is 3.06. The van der Waals surface area contributed by atoms with E-state index in [1.165, 1.54) is 10.2 Å². The fourth-order valence-electron chi connectivity index (χ4n) is 3.36. The third-order valence-electron chi connectivity index (χ3n) is 4.81. The molecular weight excluding hydrogens is 354 g/mol. The minimum atomic E-state index is -0.476. The Balaban J connectivity index is 2.18. The summed E-state index contributed by atoms with van der Waals surface area (Å²) in [6.45, 7) is 5.87. The first-order chi connectivity index (χ1) is 13.5. The third-order valence-corrected chi connectivity index (χ3v) is 4.81. The molecule has 7 nitrogen and oxygen atoms in total. The number of hydrogen-bond donors (Lipinski definition) is 1. The zero-order valence-corrected chi connectivity index (χ0v) is 16.1. The van der Waals surface area contributed by atoms with Gasteiger partial charge in [-0.1, -0.05) is 31.2 Å². The van der Waals surface area contributed by atoms with E-state index in [1.54, 1.807) is 13.8 Å². The number of fused-ring (bicyclic) bond motifs is 1. The van der Waals surface area contributed by atoms with E-state index < -0.39 is 12.0 Å². The zero-order chi connectivity index (χ0) is 20.3. The van der Waals surface area contributed by atoms with Crippen LogP contribution in [0, 0.1) is 22.7 Å². The normalized spacial score (nSPS) is 15.2. The van der Waals surface area contributed by atoms with Gasteiger partial charge in [-0.25, -0.2) is 9.48 Å². The first kappa shape index (κ1) is 19.2. The van der Waals surface area contributed by atoms with Gasteiger partial charge in [0.15, 0.2) is 0 Å². The Labute approximate surface area is 163 Å². The fourth-order valence-corrected chi connectivity index (χ4v) is 3.36. The summed E-state index contributed by atoms with van der Waals surface area (Å²) in [7, 11) is 0. The molecule has 2 heterocycles. The number of rotatable bonds is 5. The molecule has 1 aliphatic heterocycles. The number of hydrogen-bond acceptors (Lipinski definition) is 6. The Hall–Kier alpha value is -3.58. The van der Waals surface area contributed by atoms with Crippen molar-refractivity contribution in [1.29, 1.82) is 10.5 Å². The molecule has 2 aromatic rings. The van der Waals surface area contributed by atoms with Gasteiger partial charge in [0, 0.05) is 0 Å². The van der Waals surface area contributed by atoms with E-state index >= 15 is 0 Å². The molecule has 1 unspecified atom stereocenters. The van der Waals surface area contributed by atoms with Crippen LogP contribution in [0.5, 0.6) is 0 Å². The molecule has 0 fully saturated rings. The monoisotopic (exact) mass is 375 g/mol. The number of benzene rings is 1. The molecule has 0 saturated heterocycles. The van der Waals surface area contributed by atoms with Gasteiger partial charge in [-0.15, -0.1) is 0 Å². The lowest BCUT2D eigenvalue weighted by Crippen LogP contribution is -2.28. The van der Waals surface area contributed by atoms with Crippen LogP contribution in [0.3, 0.4) is 0 Å². The smallest absolute Gasteiger partial charge is 0.338 e. The number of nitriles is 2. The average molecular weight is 375 g/mol. The molecule has 1 atom stereocenters. The highest BCUT2D eigenvalue weighted by atomic mass is 16.5. The Morgan fingerprint density at radius 2 is 2.00 bits per heavy atom. The summed E-state index contributed by atoms with van der Waals surface area (Å²) in [5.74, 6) is 0.0569. The standard InChI is InChI=1S/C21H21N5O2/c1-4-14-6-8-15(9-7-14)19-18(21(27)28-5-2)13(3)26-20(24-19)16(12-23)17(25-26)10-11-22/h6-9,19,24H,4-5,10H2,1-3H3. The van der Waals surface area contributed by atoms with Crippen molar-refractivity contribution in [3.8, 4) is 12.1 Å². The summed E-state index contributed by atoms with van der Waals surface area (Å²) >= 11 is 0. The molecule has 1 aromatic carbocycles. The van der Waals surface area contributed by atoms with Crippen LogP contribution in [-0.2, 0) is 22.4 Å². The van der Waals surface area contributed by atoms with E-state index in [2.05, 4.69) is 23.4 Å². The second-order valence-electron chi connectivity index (χ2n) is 6.42. The van der Waals surface area contributed by atoms with E-state index in [0.29, 0.717) is 28.3 Å². The molecule has 1 aromatic heterocycles. The maximum Gasteiger partial charge on any atom is 0.338 e. The number of allylic oxidation sites excluding steroid dienone is 1. The lowest BCUT2D eigenvalue weighted by molar-refractivity contribution is -0.138. The quantitative estimate of drug-likeness (QED) is 0.804. The summed E-state index contributed by atoms with van der Waals surface area (Å²) in [5, 5.41) is 26.3. The van der Waals surface area contributed by atoms with Crippen molar-refractivity contribution in [1.82, 2.24) is 9.78 Å². The molecule has 7 heteroatoms. The number of carbonyl (C=O) groups excluding carboxylic acids is 1. The highest BCUT2D eigenvalue weighted by molar-refractivity contribution is 5.98. The Morgan fingerprint density at radius 3 is 2.57 bits per heavy atom. The molecule has 28 heavy (non-hydrogen) atoms. The van der Waals surface area contributed by atoms with Crippen molar-refractivity contribution in [2.75, 3.05) is 11.9 Å². The van der Waals surface area contributed by atoms with E-state index in [9.17, 15) is 10.1 Å². The highest BCUT2D eigenvalue weighted by Crippen LogP contribution is 2.38. The van der Waals surface area contributed by atoms with Crippen LogP contribution in [0.25, 0.3) is 5.70 Å². The number of nitrogens with one attached hydrogen (secondary N) is 1. The van der Waals surface area contributed by atoms with Crippen LogP contribution in [0.2, 0.25) is 0 Å². The largest absolute Gasteiger partial charge is 0.463 e. The van der Waals surface area contributed by atoms with Gasteiger partial charge in [-0.2, -0.15) is 15.6 Å². The van der Waals surface area contributed by atoms with Crippen LogP contribution in [0.4, 0.5) is 5.82 Å². The van der Waals surface area contributed by atoms with Crippen molar-refractivity contribution in [2.45, 2.75) is 39.7 Å². The van der Waals surface area contributed by atoms with Crippen molar-refractivity contribution in [3.05, 3.63) is 52.2 Å². The summed E-state index contributed by atoms with van der Waals surface area (Å²) in [5.41, 5.74) is 3.80. The first-order valence-electron chi connectivity index (χ1n) is 9.18. The van der Waals surface area contributed by atoms with Gasteiger partial charge >= 0.3 is 5.97 Å². The molecule has 1 aliphatic rings. The van der Waals surface area contributed by atoms with Gasteiger partial charge in [-0.3, -0.25) is 0 Å². The number of aryl methyl sites for hydroxylation is 1. The lowest BCUT2D eigenvalue weighted by Gasteiger charge is -2.29. The Morgan fingerprint density at radius 1 is 1.29 bits per heavy atom. The number of esters is 1. The van der Waals surface area contributed by atoms with Crippen LogP contribution in [-0.4, -0.2) is 22.4 Å². The van der Waals surface area contributed by atoms with Gasteiger partial charge in [0.05, 0.1) is 42.1 Å². The van der Waals surface area contributed by atoms with Gasteiger partial charge in [-0.05, 0) is 31.4 Å². The number of anilines is 1. The zero-order valence-electron chi connectivity index (χ0n) is 16.1. The molecule has 3 rings (SSSR count). The van der Waals surface area contributed by atoms with E-state index in [0.717, 1.165) is 12.0 Å². The number of aromatic nitrogens is 2. The molecule has 1 N–H and O–H groups in total. The molecule has 0 saturated carbocycles. The maximum absolute atomic E-state index is 12.7. The van der Waals surface area contributed by atoms with Crippen LogP contribution < -0.4 is 5.32 Å². The van der Waals surface area contributed by atoms with E-state index in [1.807, 2.05) is 30.3 Å². The second kappa shape index (κ2) is 7.98. The second-order valence-corrected chi connectivity index (χ2v) is 6.42. The summed E-state index contributed by atoms with van der Waals surface area (Å²) < 4.78 is 6.80. The van der Waals surface area contributed by atoms with Gasteiger partial charge in [0.1, 0.15) is 17.5 Å². The summed E-state index contributed by atoms with van der Waals surface area (Å²) in [6.07, 6.45) is 0.934. The topological polar surface area (TPSA) is 104 Å². The third kappa shape index (κ3) is 3.23. The highest BCUT2D eigenvalue weighted by Gasteiger charge is 2.35. The number of nitrogens with zero attached hydrogens (tertiary/aromatic N) is 4. The summed E-state index contributed by atoms with van der Waals surface area (Å²) in [6, 6.07) is 11.7. The minimum absolute atomic E-state index is 0.0163. The van der Waals surface area contributed by atoms with Crippen molar-refractivity contribution >= 4 is 17.5 Å². The molecule has 0 radical (unpaired) electrons. The van der Waals surface area contributed by atoms with Crippen molar-refractivity contribution in [3.63, 3.8) is 0 Å². The van der Waals surface area contributed by atoms with Gasteiger partial charge in [0.25, 0.3) is 0 Å². The van der Waals surface area contributed by atoms with Crippen LogP contribution in [0.15, 0.2) is 29.8 Å². The molecule has 0 amide bonds. The minimum Gasteiger partial charge on any atom is -0.463 e. The van der Waals surface area contributed by atoms with E-state index in [4.69, 9.17) is 10.00 Å². The van der Waals surface area contributed by atoms with Crippen LogP contribution >= 0.6 is 0 Å². The molecule has 0 aliphatic carbocycles. The predicted molar refractivity (Wildman–Crippen MR) is 104 cm³/mol. The molecule has 0 spiro atoms. The van der Waals surface area contributed by atoms with Gasteiger partial charge < -0.3 is 10.1 Å². The Kier molecular flexibility index (Phi) is 5.47. The van der Waals surface area contributed by atoms with E-state index in [-0.39, 0.29) is 13.0 Å². The van der Waals surface area contributed by atoms with Crippen molar-refractivity contribution < 1.29 is 9.53 Å². The SMILES string of the molecule is CCOC(=O)C1=C(C)n2nc(CC#N)c(C#N)c2NC1c1ccc(CC)cc1. The molecule has 0 bridgehead atoms. The Bertz CT molecular complexity index is 1020. The molecular formula is C21H21N5O2. The lowest BCUT2D eigenvalue weighted by atomic mass is 9.94. The van der Waals surface area contributed by atoms with Gasteiger partial charge in [0.2, 0.25) is 0 Å². The number of carbonyl (C=O) groups is 1. The fraction of sp³-hybridized carbons (Fsp3) is 0.333. The first-order valence-corrected chi connectivity index (χ1v) is 9.18. The number of ether oxygens (including phenoxy) is 1.